The summed E-state index contributed by atoms with van der Waals surface area (Å²) in [5.41, 5.74) is 3.05. The van der Waals surface area contributed by atoms with Gasteiger partial charge in [0, 0.05) is 24.7 Å². The van der Waals surface area contributed by atoms with E-state index in [4.69, 9.17) is 0 Å². The van der Waals surface area contributed by atoms with Gasteiger partial charge in [0.2, 0.25) is 5.91 Å². The maximum atomic E-state index is 12.6. The Bertz CT molecular complexity index is 899. The fourth-order valence-electron chi connectivity index (χ4n) is 3.49. The van der Waals surface area contributed by atoms with E-state index in [1.807, 2.05) is 41.8 Å². The number of nitrogens with zero attached hydrogens (tertiary/aromatic N) is 3. The maximum Gasteiger partial charge on any atom is 0.227 e. The van der Waals surface area contributed by atoms with Gasteiger partial charge in [-0.25, -0.2) is 0 Å². The van der Waals surface area contributed by atoms with Crippen molar-refractivity contribution >= 4 is 28.7 Å². The highest BCUT2D eigenvalue weighted by atomic mass is 32.1. The van der Waals surface area contributed by atoms with Crippen LogP contribution < -0.4 is 10.2 Å². The lowest BCUT2D eigenvalue weighted by Crippen LogP contribution is -2.38. The van der Waals surface area contributed by atoms with E-state index >= 15 is 0 Å². The van der Waals surface area contributed by atoms with Crippen LogP contribution in [0.3, 0.4) is 0 Å². The summed E-state index contributed by atoms with van der Waals surface area (Å²) in [7, 11) is 0. The molecule has 1 N–H and O–H groups in total. The Morgan fingerprint density at radius 1 is 1.11 bits per heavy atom. The highest BCUT2D eigenvalue weighted by molar-refractivity contribution is 7.13. The van der Waals surface area contributed by atoms with Crippen molar-refractivity contribution in [2.75, 3.05) is 23.3 Å². The lowest BCUT2D eigenvalue weighted by atomic mass is 9.95. The predicted octanol–water partition coefficient (Wildman–Crippen LogP) is 4.62. The summed E-state index contributed by atoms with van der Waals surface area (Å²) in [5.74, 6) is 1.04. The van der Waals surface area contributed by atoms with Crippen LogP contribution in [0.1, 0.15) is 25.3 Å². The molecule has 0 unspecified atom stereocenters. The normalized spacial score (nSPS) is 14.8. The van der Waals surface area contributed by atoms with Crippen molar-refractivity contribution in [3.63, 3.8) is 0 Å². The first-order chi connectivity index (χ1) is 13.7. The van der Waals surface area contributed by atoms with Crippen molar-refractivity contribution in [2.45, 2.75) is 26.2 Å². The van der Waals surface area contributed by atoms with Crippen molar-refractivity contribution in [1.82, 2.24) is 10.2 Å². The number of piperidine rings is 1. The van der Waals surface area contributed by atoms with Crippen LogP contribution in [0.5, 0.6) is 0 Å². The van der Waals surface area contributed by atoms with E-state index in [-0.39, 0.29) is 11.8 Å². The SMILES string of the molecule is CCc1ccc(NC(=O)C2CCN(c3ccc(-c4cccs4)nn3)CC2)cc1. The van der Waals surface area contributed by atoms with E-state index in [1.165, 1.54) is 5.56 Å². The van der Waals surface area contributed by atoms with Crippen LogP contribution in [0.15, 0.2) is 53.9 Å². The third-order valence-corrected chi connectivity index (χ3v) is 6.14. The van der Waals surface area contributed by atoms with Gasteiger partial charge in [-0.15, -0.1) is 21.5 Å². The molecule has 1 aliphatic rings. The van der Waals surface area contributed by atoms with E-state index in [9.17, 15) is 4.79 Å². The number of benzene rings is 1. The second-order valence-corrected chi connectivity index (χ2v) is 8.00. The van der Waals surface area contributed by atoms with E-state index < -0.39 is 0 Å². The Kier molecular flexibility index (Phi) is 5.67. The lowest BCUT2D eigenvalue weighted by molar-refractivity contribution is -0.120. The van der Waals surface area contributed by atoms with E-state index in [0.29, 0.717) is 0 Å². The summed E-state index contributed by atoms with van der Waals surface area (Å²) < 4.78 is 0. The zero-order valence-corrected chi connectivity index (χ0v) is 16.8. The number of aryl methyl sites for hydroxylation is 1. The van der Waals surface area contributed by atoms with Gasteiger partial charge in [-0.05, 0) is 60.5 Å². The number of anilines is 2. The number of carbonyl (C=O) groups excluding carboxylic acids is 1. The van der Waals surface area contributed by atoms with Gasteiger partial charge in [0.25, 0.3) is 0 Å². The van der Waals surface area contributed by atoms with Crippen molar-refractivity contribution in [2.24, 2.45) is 5.92 Å². The summed E-state index contributed by atoms with van der Waals surface area (Å²) in [6, 6.07) is 16.2. The first kappa shape index (κ1) is 18.6. The highest BCUT2D eigenvalue weighted by Gasteiger charge is 2.26. The van der Waals surface area contributed by atoms with E-state index in [0.717, 1.165) is 54.4 Å². The summed E-state index contributed by atoms with van der Waals surface area (Å²) >= 11 is 1.66. The average molecular weight is 393 g/mol. The van der Waals surface area contributed by atoms with Crippen molar-refractivity contribution in [3.8, 4) is 10.6 Å². The quantitative estimate of drug-likeness (QED) is 0.688. The molecule has 6 heteroatoms. The van der Waals surface area contributed by atoms with Gasteiger partial charge in [0.15, 0.2) is 5.82 Å². The summed E-state index contributed by atoms with van der Waals surface area (Å²) in [5, 5.41) is 13.9. The number of aromatic nitrogens is 2. The van der Waals surface area contributed by atoms with Crippen molar-refractivity contribution in [1.29, 1.82) is 0 Å². The van der Waals surface area contributed by atoms with Gasteiger partial charge in [-0.3, -0.25) is 4.79 Å². The van der Waals surface area contributed by atoms with Crippen molar-refractivity contribution in [3.05, 3.63) is 59.5 Å². The van der Waals surface area contributed by atoms with Crippen LogP contribution in [0.4, 0.5) is 11.5 Å². The minimum atomic E-state index is 0.0421. The third-order valence-electron chi connectivity index (χ3n) is 5.24. The van der Waals surface area contributed by atoms with Gasteiger partial charge in [0.1, 0.15) is 5.69 Å². The molecule has 1 amide bonds. The van der Waals surface area contributed by atoms with Crippen LogP contribution in [0.25, 0.3) is 10.6 Å². The molecule has 0 atom stereocenters. The molecule has 1 aromatic carbocycles. The third kappa shape index (κ3) is 4.22. The first-order valence-electron chi connectivity index (χ1n) is 9.75. The van der Waals surface area contributed by atoms with Crippen LogP contribution in [-0.4, -0.2) is 29.2 Å². The zero-order valence-electron chi connectivity index (χ0n) is 16.0. The summed E-state index contributed by atoms with van der Waals surface area (Å²) in [6.07, 6.45) is 2.66. The number of amides is 1. The minimum Gasteiger partial charge on any atom is -0.355 e. The lowest BCUT2D eigenvalue weighted by Gasteiger charge is -2.31. The molecule has 0 aliphatic carbocycles. The molecule has 5 nitrogen and oxygen atoms in total. The Hall–Kier alpha value is -2.73. The molecule has 1 fully saturated rings. The maximum absolute atomic E-state index is 12.6. The zero-order chi connectivity index (χ0) is 19.3. The van der Waals surface area contributed by atoms with E-state index in [1.54, 1.807) is 11.3 Å². The molecule has 1 saturated heterocycles. The van der Waals surface area contributed by atoms with Gasteiger partial charge >= 0.3 is 0 Å². The van der Waals surface area contributed by atoms with E-state index in [2.05, 4.69) is 39.5 Å². The Morgan fingerprint density at radius 3 is 2.50 bits per heavy atom. The van der Waals surface area contributed by atoms with Gasteiger partial charge in [-0.1, -0.05) is 25.1 Å². The second kappa shape index (κ2) is 8.52. The predicted molar refractivity (Wildman–Crippen MR) is 115 cm³/mol. The molecular formula is C22H24N4OS. The highest BCUT2D eigenvalue weighted by Crippen LogP contribution is 2.26. The topological polar surface area (TPSA) is 58.1 Å². The molecule has 0 saturated carbocycles. The second-order valence-electron chi connectivity index (χ2n) is 7.06. The summed E-state index contributed by atoms with van der Waals surface area (Å²) in [6.45, 7) is 3.77. The molecule has 0 bridgehead atoms. The number of hydrogen-bond donors (Lipinski definition) is 1. The molecule has 28 heavy (non-hydrogen) atoms. The summed E-state index contributed by atoms with van der Waals surface area (Å²) in [4.78, 5) is 15.9. The number of hydrogen-bond acceptors (Lipinski definition) is 5. The molecule has 3 aromatic rings. The van der Waals surface area contributed by atoms with Crippen LogP contribution >= 0.6 is 11.3 Å². The standard InChI is InChI=1S/C22H24N4OS/c1-2-16-5-7-18(8-6-16)23-22(27)17-11-13-26(14-12-17)21-10-9-19(24-25-21)20-4-3-15-28-20/h3-10,15,17H,2,11-14H2,1H3,(H,23,27). The molecule has 1 aliphatic heterocycles. The smallest absolute Gasteiger partial charge is 0.227 e. The average Bonchev–Trinajstić information content (AvgIpc) is 3.29. The number of carbonyl (C=O) groups is 1. The monoisotopic (exact) mass is 392 g/mol. The van der Waals surface area contributed by atoms with Crippen molar-refractivity contribution < 1.29 is 4.79 Å². The molecule has 144 valence electrons. The van der Waals surface area contributed by atoms with Crippen LogP contribution in [0.2, 0.25) is 0 Å². The number of nitrogens with one attached hydrogen (secondary N) is 1. The fraction of sp³-hybridized carbons (Fsp3) is 0.318. The van der Waals surface area contributed by atoms with Gasteiger partial charge < -0.3 is 10.2 Å². The molecular weight excluding hydrogens is 368 g/mol. The van der Waals surface area contributed by atoms with Crippen LogP contribution in [0, 0.1) is 5.92 Å². The molecule has 3 heterocycles. The molecule has 4 rings (SSSR count). The molecule has 0 spiro atoms. The van der Waals surface area contributed by atoms with Crippen LogP contribution in [-0.2, 0) is 11.2 Å². The van der Waals surface area contributed by atoms with Gasteiger partial charge in [0.05, 0.1) is 4.88 Å². The molecule has 0 radical (unpaired) electrons. The minimum absolute atomic E-state index is 0.0421. The number of rotatable bonds is 5. The largest absolute Gasteiger partial charge is 0.355 e. The Labute approximate surface area is 169 Å². The first-order valence-corrected chi connectivity index (χ1v) is 10.6. The number of thiophene rings is 1. The Balaban J connectivity index is 1.31. The van der Waals surface area contributed by atoms with Gasteiger partial charge in [-0.2, -0.15) is 0 Å². The fourth-order valence-corrected chi connectivity index (χ4v) is 4.18. The Morgan fingerprint density at radius 2 is 1.89 bits per heavy atom. The molecule has 2 aromatic heterocycles.